The molecule has 0 unspecified atom stereocenters. The second-order valence-electron chi connectivity index (χ2n) is 8.69. The van der Waals surface area contributed by atoms with Gasteiger partial charge >= 0.3 is 0 Å². The first-order chi connectivity index (χ1) is 16.3. The second kappa shape index (κ2) is 8.69. The first-order valence-electron chi connectivity index (χ1n) is 11.2. The number of nitrogens with zero attached hydrogens (tertiary/aromatic N) is 6. The number of anilines is 1. The zero-order valence-electron chi connectivity index (χ0n) is 19.7. The number of hydrogen-bond donors (Lipinski definition) is 1. The number of rotatable bonds is 4. The van der Waals surface area contributed by atoms with Crippen LogP contribution in [-0.2, 0) is 7.05 Å². The number of piperazine rings is 1. The molecule has 1 aliphatic heterocycles. The van der Waals surface area contributed by atoms with Crippen molar-refractivity contribution in [2.75, 3.05) is 43.6 Å². The summed E-state index contributed by atoms with van der Waals surface area (Å²) in [7, 11) is 3.69. The molecule has 1 N–H and O–H groups in total. The van der Waals surface area contributed by atoms with Gasteiger partial charge in [0.1, 0.15) is 0 Å². The number of benzene rings is 1. The Kier molecular flexibility index (Phi) is 5.70. The molecule has 9 nitrogen and oxygen atoms in total. The van der Waals surface area contributed by atoms with Gasteiger partial charge in [-0.15, -0.1) is 11.3 Å². The van der Waals surface area contributed by atoms with Crippen LogP contribution in [0.1, 0.15) is 21.9 Å². The molecule has 176 valence electrons. The van der Waals surface area contributed by atoms with Crippen molar-refractivity contribution in [3.8, 4) is 11.3 Å². The van der Waals surface area contributed by atoms with Gasteiger partial charge < -0.3 is 9.80 Å². The molecule has 0 aliphatic carbocycles. The molecule has 0 radical (unpaired) electrons. The highest BCUT2D eigenvalue weighted by Crippen LogP contribution is 2.31. The lowest BCUT2D eigenvalue weighted by Crippen LogP contribution is -2.44. The maximum atomic E-state index is 13.2. The molecule has 1 aromatic carbocycles. The highest BCUT2D eigenvalue weighted by Gasteiger charge is 2.21. The zero-order valence-corrected chi connectivity index (χ0v) is 20.5. The SMILES string of the molecule is Cc1cc(-c2csc(N3CCN(C)CC3)n2)c(C)n1NC(=O)c1nn(C)c(=O)c2ccccc12. The Morgan fingerprint density at radius 3 is 2.50 bits per heavy atom. The van der Waals surface area contributed by atoms with Crippen molar-refractivity contribution in [1.82, 2.24) is 24.3 Å². The third-order valence-electron chi connectivity index (χ3n) is 6.36. The van der Waals surface area contributed by atoms with Gasteiger partial charge in [-0.25, -0.2) is 9.67 Å². The Morgan fingerprint density at radius 1 is 1.06 bits per heavy atom. The van der Waals surface area contributed by atoms with E-state index >= 15 is 0 Å². The molecule has 0 saturated carbocycles. The van der Waals surface area contributed by atoms with E-state index in [2.05, 4.69) is 32.8 Å². The highest BCUT2D eigenvalue weighted by atomic mass is 32.1. The van der Waals surface area contributed by atoms with E-state index in [9.17, 15) is 9.59 Å². The lowest BCUT2D eigenvalue weighted by molar-refractivity contribution is 0.100. The number of amides is 1. The zero-order chi connectivity index (χ0) is 24.0. The number of carbonyl (C=O) groups excluding carboxylic acids is 1. The third-order valence-corrected chi connectivity index (χ3v) is 7.26. The van der Waals surface area contributed by atoms with Gasteiger partial charge in [0.2, 0.25) is 0 Å². The Bertz CT molecular complexity index is 1440. The average molecular weight is 478 g/mol. The smallest absolute Gasteiger partial charge is 0.291 e. The molecular formula is C24H27N7O2S. The molecule has 10 heteroatoms. The molecule has 1 fully saturated rings. The Labute approximate surface area is 201 Å². The summed E-state index contributed by atoms with van der Waals surface area (Å²) in [5.41, 5.74) is 6.57. The topological polar surface area (TPSA) is 88.3 Å². The molecule has 0 bridgehead atoms. The van der Waals surface area contributed by atoms with Crippen LogP contribution in [0.3, 0.4) is 0 Å². The molecule has 4 heterocycles. The van der Waals surface area contributed by atoms with Crippen LogP contribution in [0.25, 0.3) is 22.0 Å². The Morgan fingerprint density at radius 2 is 1.76 bits per heavy atom. The van der Waals surface area contributed by atoms with Crippen LogP contribution >= 0.6 is 11.3 Å². The predicted molar refractivity (Wildman–Crippen MR) is 135 cm³/mol. The van der Waals surface area contributed by atoms with Crippen LogP contribution in [0, 0.1) is 13.8 Å². The van der Waals surface area contributed by atoms with Crippen molar-refractivity contribution in [3.63, 3.8) is 0 Å². The molecule has 5 rings (SSSR count). The molecule has 1 saturated heterocycles. The summed E-state index contributed by atoms with van der Waals surface area (Å²) in [6, 6.07) is 9.06. The predicted octanol–water partition coefficient (Wildman–Crippen LogP) is 2.61. The van der Waals surface area contributed by atoms with Crippen LogP contribution in [0.2, 0.25) is 0 Å². The minimum Gasteiger partial charge on any atom is -0.346 e. The van der Waals surface area contributed by atoms with Crippen molar-refractivity contribution >= 4 is 33.1 Å². The van der Waals surface area contributed by atoms with E-state index in [1.807, 2.05) is 19.9 Å². The van der Waals surface area contributed by atoms with E-state index < -0.39 is 0 Å². The number of hydrogen-bond acceptors (Lipinski definition) is 7. The largest absolute Gasteiger partial charge is 0.346 e. The number of carbonyl (C=O) groups is 1. The van der Waals surface area contributed by atoms with Gasteiger partial charge in [-0.05, 0) is 33.0 Å². The number of likely N-dealkylation sites (N-methyl/N-ethyl adjacent to an activating group) is 1. The number of fused-ring (bicyclic) bond motifs is 1. The monoisotopic (exact) mass is 477 g/mol. The molecule has 3 aromatic heterocycles. The molecule has 4 aromatic rings. The fourth-order valence-corrected chi connectivity index (χ4v) is 5.23. The Hall–Kier alpha value is -3.50. The van der Waals surface area contributed by atoms with Gasteiger partial charge in [0, 0.05) is 60.9 Å². The summed E-state index contributed by atoms with van der Waals surface area (Å²) >= 11 is 1.65. The molecular weight excluding hydrogens is 450 g/mol. The summed E-state index contributed by atoms with van der Waals surface area (Å²) in [4.78, 5) is 35.2. The first kappa shape index (κ1) is 22.3. The van der Waals surface area contributed by atoms with Gasteiger partial charge in [0.25, 0.3) is 11.5 Å². The van der Waals surface area contributed by atoms with Crippen molar-refractivity contribution in [2.24, 2.45) is 7.05 Å². The van der Waals surface area contributed by atoms with Crippen molar-refractivity contribution in [2.45, 2.75) is 13.8 Å². The molecule has 1 aliphatic rings. The number of thiazole rings is 1. The molecule has 34 heavy (non-hydrogen) atoms. The van der Waals surface area contributed by atoms with E-state index in [1.54, 1.807) is 47.3 Å². The van der Waals surface area contributed by atoms with Crippen LogP contribution in [0.4, 0.5) is 5.13 Å². The average Bonchev–Trinajstić information content (AvgIpc) is 3.42. The highest BCUT2D eigenvalue weighted by molar-refractivity contribution is 7.14. The van der Waals surface area contributed by atoms with Crippen molar-refractivity contribution < 1.29 is 4.79 Å². The van der Waals surface area contributed by atoms with Gasteiger partial charge in [0.15, 0.2) is 10.8 Å². The van der Waals surface area contributed by atoms with Crippen LogP contribution < -0.4 is 15.9 Å². The van der Waals surface area contributed by atoms with E-state index in [-0.39, 0.29) is 17.2 Å². The summed E-state index contributed by atoms with van der Waals surface area (Å²) in [6.07, 6.45) is 0. The lowest BCUT2D eigenvalue weighted by atomic mass is 10.1. The van der Waals surface area contributed by atoms with Gasteiger partial charge in [-0.1, -0.05) is 18.2 Å². The fourth-order valence-electron chi connectivity index (χ4n) is 4.35. The minimum absolute atomic E-state index is 0.206. The van der Waals surface area contributed by atoms with Crippen LogP contribution in [0.5, 0.6) is 0 Å². The minimum atomic E-state index is -0.378. The quantitative estimate of drug-likeness (QED) is 0.486. The van der Waals surface area contributed by atoms with Gasteiger partial charge in [-0.2, -0.15) is 5.10 Å². The van der Waals surface area contributed by atoms with E-state index in [0.29, 0.717) is 10.8 Å². The van der Waals surface area contributed by atoms with Crippen LogP contribution in [-0.4, -0.2) is 63.5 Å². The summed E-state index contributed by atoms with van der Waals surface area (Å²) in [6.45, 7) is 7.91. The summed E-state index contributed by atoms with van der Waals surface area (Å²) in [5, 5.41) is 8.33. The third kappa shape index (κ3) is 3.88. The summed E-state index contributed by atoms with van der Waals surface area (Å²) < 4.78 is 2.96. The fraction of sp³-hybridized carbons (Fsp3) is 0.333. The number of aromatic nitrogens is 4. The summed E-state index contributed by atoms with van der Waals surface area (Å²) in [5.74, 6) is -0.378. The van der Waals surface area contributed by atoms with Gasteiger partial charge in [-0.3, -0.25) is 19.7 Å². The van der Waals surface area contributed by atoms with E-state index in [0.717, 1.165) is 54.0 Å². The van der Waals surface area contributed by atoms with Gasteiger partial charge in [0.05, 0.1) is 11.1 Å². The molecule has 0 spiro atoms. The first-order valence-corrected chi connectivity index (χ1v) is 12.1. The standard InChI is InChI=1S/C24H27N7O2S/c1-15-13-19(20-14-34-24(25-20)30-11-9-28(3)10-12-30)16(2)31(15)27-22(32)21-17-7-5-6-8-18(17)23(33)29(4)26-21/h5-8,13-14H,9-12H2,1-4H3,(H,27,32). The Balaban J connectivity index is 1.44. The molecule has 0 atom stereocenters. The number of aryl methyl sites for hydroxylation is 2. The van der Waals surface area contributed by atoms with E-state index in [4.69, 9.17) is 4.98 Å². The van der Waals surface area contributed by atoms with Crippen molar-refractivity contribution in [1.29, 1.82) is 0 Å². The normalized spacial score (nSPS) is 14.6. The second-order valence-corrected chi connectivity index (χ2v) is 9.53. The van der Waals surface area contributed by atoms with Crippen molar-refractivity contribution in [3.05, 3.63) is 63.1 Å². The lowest BCUT2D eigenvalue weighted by Gasteiger charge is -2.32. The number of nitrogens with one attached hydrogen (secondary N) is 1. The van der Waals surface area contributed by atoms with Crippen LogP contribution in [0.15, 0.2) is 40.5 Å². The molecule has 1 amide bonds. The van der Waals surface area contributed by atoms with E-state index in [1.165, 1.54) is 4.68 Å². The maximum absolute atomic E-state index is 13.2. The maximum Gasteiger partial charge on any atom is 0.291 e.